The molecule has 8 nitrogen and oxygen atoms in total. The van der Waals surface area contributed by atoms with Gasteiger partial charge in [-0.15, -0.1) is 0 Å². The highest BCUT2D eigenvalue weighted by Gasteiger charge is 2.26. The van der Waals surface area contributed by atoms with Crippen molar-refractivity contribution in [2.24, 2.45) is 0 Å². The first kappa shape index (κ1) is 19.7. The number of aromatic nitrogens is 3. The smallest absolute Gasteiger partial charge is 0.320 e. The van der Waals surface area contributed by atoms with Gasteiger partial charge < -0.3 is 19.3 Å². The first-order chi connectivity index (χ1) is 14.0. The van der Waals surface area contributed by atoms with Crippen molar-refractivity contribution in [2.45, 2.75) is 6.92 Å². The second-order valence-corrected chi connectivity index (χ2v) is 7.98. The lowest BCUT2D eigenvalue weighted by Gasteiger charge is -2.34. The molecule has 2 aromatic heterocycles. The van der Waals surface area contributed by atoms with Gasteiger partial charge in [-0.3, -0.25) is 4.79 Å². The number of anilines is 1. The molecule has 0 radical (unpaired) electrons. The first-order valence-electron chi connectivity index (χ1n) is 9.07. The van der Waals surface area contributed by atoms with Crippen LogP contribution in [-0.4, -0.2) is 66.2 Å². The summed E-state index contributed by atoms with van der Waals surface area (Å²) in [6.45, 7) is 4.53. The Morgan fingerprint density at radius 1 is 1.10 bits per heavy atom. The number of methoxy groups -OCH3 is 2. The lowest BCUT2D eigenvalue weighted by molar-refractivity contribution is 0.0739. The molecule has 29 heavy (non-hydrogen) atoms. The predicted molar refractivity (Wildman–Crippen MR) is 113 cm³/mol. The zero-order valence-electron chi connectivity index (χ0n) is 16.3. The number of nitrogens with zero attached hydrogens (tertiary/aromatic N) is 5. The average molecular weight is 434 g/mol. The number of rotatable bonds is 4. The number of piperazine rings is 1. The van der Waals surface area contributed by atoms with Gasteiger partial charge in [-0.05, 0) is 18.6 Å². The number of aryl methyl sites for hydroxylation is 1. The van der Waals surface area contributed by atoms with Gasteiger partial charge in [0.25, 0.3) is 5.91 Å². The van der Waals surface area contributed by atoms with Crippen molar-refractivity contribution in [3.05, 3.63) is 34.5 Å². The third kappa shape index (κ3) is 3.79. The highest BCUT2D eigenvalue weighted by atomic mass is 35.5. The van der Waals surface area contributed by atoms with E-state index in [0.29, 0.717) is 32.1 Å². The number of halogens is 1. The molecule has 0 spiro atoms. The van der Waals surface area contributed by atoms with Crippen LogP contribution in [0.25, 0.3) is 10.2 Å². The third-order valence-electron chi connectivity index (χ3n) is 4.82. The van der Waals surface area contributed by atoms with Crippen LogP contribution in [0.1, 0.15) is 16.1 Å². The van der Waals surface area contributed by atoms with Crippen LogP contribution < -0.4 is 14.4 Å². The fraction of sp³-hybridized carbons (Fsp3) is 0.368. The number of amides is 1. The highest BCUT2D eigenvalue weighted by molar-refractivity contribution is 7.22. The van der Waals surface area contributed by atoms with Crippen LogP contribution in [0, 0.1) is 6.92 Å². The highest BCUT2D eigenvalue weighted by Crippen LogP contribution is 2.35. The van der Waals surface area contributed by atoms with Crippen molar-refractivity contribution in [3.63, 3.8) is 0 Å². The Balaban J connectivity index is 1.49. The summed E-state index contributed by atoms with van der Waals surface area (Å²) in [5.41, 5.74) is 2.30. The van der Waals surface area contributed by atoms with Crippen LogP contribution in [0.4, 0.5) is 5.13 Å². The van der Waals surface area contributed by atoms with E-state index in [4.69, 9.17) is 26.1 Å². The molecule has 1 aliphatic heterocycles. The summed E-state index contributed by atoms with van der Waals surface area (Å²) in [5, 5.41) is 1.64. The Morgan fingerprint density at radius 2 is 1.86 bits per heavy atom. The molecule has 1 amide bonds. The van der Waals surface area contributed by atoms with Crippen LogP contribution in [-0.2, 0) is 0 Å². The van der Waals surface area contributed by atoms with Crippen LogP contribution >= 0.6 is 22.9 Å². The molecule has 10 heteroatoms. The molecule has 0 saturated carbocycles. The average Bonchev–Trinajstić information content (AvgIpc) is 3.22. The Hall–Kier alpha value is -2.65. The summed E-state index contributed by atoms with van der Waals surface area (Å²) < 4.78 is 11.2. The minimum absolute atomic E-state index is 0.105. The number of ether oxygens (including phenoxy) is 2. The lowest BCUT2D eigenvalue weighted by Crippen LogP contribution is -2.49. The molecule has 3 heterocycles. The van der Waals surface area contributed by atoms with Crippen LogP contribution in [0.3, 0.4) is 0 Å². The second kappa shape index (κ2) is 8.00. The quantitative estimate of drug-likeness (QED) is 0.625. The minimum Gasteiger partial charge on any atom is -0.481 e. The van der Waals surface area contributed by atoms with Gasteiger partial charge >= 0.3 is 6.01 Å². The molecule has 3 aromatic rings. The van der Waals surface area contributed by atoms with E-state index in [9.17, 15) is 4.79 Å². The Kier molecular flexibility index (Phi) is 5.42. The van der Waals surface area contributed by atoms with Gasteiger partial charge in [0, 0.05) is 32.2 Å². The number of carbonyl (C=O) groups excluding carboxylic acids is 1. The number of fused-ring (bicyclic) bond motifs is 1. The maximum atomic E-state index is 12.9. The minimum atomic E-state index is -0.174. The van der Waals surface area contributed by atoms with E-state index in [0.717, 1.165) is 25.9 Å². The predicted octanol–water partition coefficient (Wildman–Crippen LogP) is 3.03. The Bertz CT molecular complexity index is 1000. The number of benzene rings is 1. The molecule has 1 aromatic carbocycles. The maximum absolute atomic E-state index is 12.9. The molecular formula is C19H20ClN5O3S. The summed E-state index contributed by atoms with van der Waals surface area (Å²) in [5.74, 6) is 0.118. The number of hydrogen-bond donors (Lipinski definition) is 0. The Morgan fingerprint density at radius 3 is 2.52 bits per heavy atom. The van der Waals surface area contributed by atoms with E-state index in [1.54, 1.807) is 16.2 Å². The van der Waals surface area contributed by atoms with Crippen LogP contribution in [0.15, 0.2) is 18.2 Å². The van der Waals surface area contributed by atoms with E-state index >= 15 is 0 Å². The molecule has 0 unspecified atom stereocenters. The molecule has 4 rings (SSSR count). The number of carbonyl (C=O) groups is 1. The number of hydrogen-bond acceptors (Lipinski definition) is 8. The van der Waals surface area contributed by atoms with Crippen molar-refractivity contribution >= 4 is 44.2 Å². The van der Waals surface area contributed by atoms with Crippen molar-refractivity contribution in [1.82, 2.24) is 19.9 Å². The van der Waals surface area contributed by atoms with Crippen LogP contribution in [0.5, 0.6) is 11.9 Å². The molecule has 1 fully saturated rings. The molecule has 1 aliphatic rings. The summed E-state index contributed by atoms with van der Waals surface area (Å²) in [6, 6.07) is 5.51. The van der Waals surface area contributed by atoms with Gasteiger partial charge in [-0.25, -0.2) is 4.98 Å². The van der Waals surface area contributed by atoms with E-state index in [2.05, 4.69) is 14.9 Å². The van der Waals surface area contributed by atoms with Crippen molar-refractivity contribution < 1.29 is 14.3 Å². The van der Waals surface area contributed by atoms with Gasteiger partial charge in [0.2, 0.25) is 5.88 Å². The fourth-order valence-electron chi connectivity index (χ4n) is 3.20. The monoisotopic (exact) mass is 433 g/mol. The van der Waals surface area contributed by atoms with Crippen molar-refractivity contribution in [3.8, 4) is 11.9 Å². The van der Waals surface area contributed by atoms with Gasteiger partial charge in [0.05, 0.1) is 29.5 Å². The van der Waals surface area contributed by atoms with E-state index in [1.807, 2.05) is 19.1 Å². The van der Waals surface area contributed by atoms with Gasteiger partial charge in [0.15, 0.2) is 5.13 Å². The molecular weight excluding hydrogens is 414 g/mol. The standard InChI is InChI=1S/C19H20ClN5O3S/c1-11-4-5-12(20)16-15(11)23-19(29-16)25-8-6-24(7-9-25)17(26)13-10-14(27-2)22-18(21-13)28-3/h4-5,10H,6-9H2,1-3H3. The molecule has 0 bridgehead atoms. The maximum Gasteiger partial charge on any atom is 0.320 e. The Labute approximate surface area is 177 Å². The largest absolute Gasteiger partial charge is 0.481 e. The normalized spacial score (nSPS) is 14.3. The zero-order chi connectivity index (χ0) is 20.5. The second-order valence-electron chi connectivity index (χ2n) is 6.60. The van der Waals surface area contributed by atoms with E-state index in [1.165, 1.54) is 20.3 Å². The number of thiazole rings is 1. The summed E-state index contributed by atoms with van der Waals surface area (Å²) >= 11 is 7.92. The van der Waals surface area contributed by atoms with Crippen molar-refractivity contribution in [1.29, 1.82) is 0 Å². The van der Waals surface area contributed by atoms with E-state index in [-0.39, 0.29) is 17.6 Å². The van der Waals surface area contributed by atoms with E-state index < -0.39 is 0 Å². The van der Waals surface area contributed by atoms with Crippen molar-refractivity contribution in [2.75, 3.05) is 45.3 Å². The summed E-state index contributed by atoms with van der Waals surface area (Å²) in [4.78, 5) is 29.8. The summed E-state index contributed by atoms with van der Waals surface area (Å²) in [6.07, 6.45) is 0. The SMILES string of the molecule is COc1cc(C(=O)N2CCN(c3nc4c(C)ccc(Cl)c4s3)CC2)nc(OC)n1. The van der Waals surface area contributed by atoms with Gasteiger partial charge in [0.1, 0.15) is 5.69 Å². The molecule has 1 saturated heterocycles. The van der Waals surface area contributed by atoms with Gasteiger partial charge in [-0.1, -0.05) is 29.0 Å². The third-order valence-corrected chi connectivity index (χ3v) is 6.39. The van der Waals surface area contributed by atoms with Crippen LogP contribution in [0.2, 0.25) is 5.02 Å². The summed E-state index contributed by atoms with van der Waals surface area (Å²) in [7, 11) is 2.94. The fourth-order valence-corrected chi connectivity index (χ4v) is 4.57. The topological polar surface area (TPSA) is 80.7 Å². The zero-order valence-corrected chi connectivity index (χ0v) is 17.9. The molecule has 0 aliphatic carbocycles. The lowest BCUT2D eigenvalue weighted by atomic mass is 10.2. The molecule has 0 N–H and O–H groups in total. The molecule has 0 atom stereocenters. The van der Waals surface area contributed by atoms with Gasteiger partial charge in [-0.2, -0.15) is 9.97 Å². The first-order valence-corrected chi connectivity index (χ1v) is 10.3. The molecule has 152 valence electrons.